The number of aromatic nitrogens is 1. The molecule has 6 nitrogen and oxygen atoms in total. The van der Waals surface area contributed by atoms with Crippen molar-refractivity contribution in [1.82, 2.24) is 8.87 Å². The first-order chi connectivity index (χ1) is 13.4. The number of rotatable bonds is 4. The lowest BCUT2D eigenvalue weighted by atomic mass is 9.98. The van der Waals surface area contributed by atoms with Crippen LogP contribution in [0.3, 0.4) is 0 Å². The van der Waals surface area contributed by atoms with Crippen molar-refractivity contribution >= 4 is 43.4 Å². The van der Waals surface area contributed by atoms with Gasteiger partial charge in [-0.05, 0) is 44.0 Å². The second kappa shape index (κ2) is 7.22. The summed E-state index contributed by atoms with van der Waals surface area (Å²) in [6.07, 6.45) is 2.61. The van der Waals surface area contributed by atoms with Gasteiger partial charge < -0.3 is 9.88 Å². The monoisotopic (exact) mass is 399 g/mol. The standard InChI is InChI=1S/C21H25N3O3S/c1-3-24-19-9-5-4-8-17(19)18-13-16(10-11-20(18)24)22-21(25)15-7-6-12-23(14-15)28(2,26)27/h4-5,8-11,13,15H,3,6-7,12,14H2,1-2H3,(H,22,25)/t15-/m1/s1. The number of anilines is 1. The zero-order chi connectivity index (χ0) is 19.9. The molecule has 0 spiro atoms. The predicted molar refractivity (Wildman–Crippen MR) is 113 cm³/mol. The minimum Gasteiger partial charge on any atom is -0.341 e. The van der Waals surface area contributed by atoms with Gasteiger partial charge in [-0.15, -0.1) is 0 Å². The second-order valence-corrected chi connectivity index (χ2v) is 9.43. The highest BCUT2D eigenvalue weighted by molar-refractivity contribution is 7.88. The molecule has 1 aliphatic heterocycles. The predicted octanol–water partition coefficient (Wildman–Crippen LogP) is 3.42. The fourth-order valence-electron chi connectivity index (χ4n) is 4.17. The highest BCUT2D eigenvalue weighted by atomic mass is 32.2. The van der Waals surface area contributed by atoms with Crippen LogP contribution in [0.2, 0.25) is 0 Å². The highest BCUT2D eigenvalue weighted by Gasteiger charge is 2.30. The molecule has 2 heterocycles. The number of piperidine rings is 1. The molecule has 0 radical (unpaired) electrons. The number of sulfonamides is 1. The van der Waals surface area contributed by atoms with Gasteiger partial charge in [0.15, 0.2) is 0 Å². The number of para-hydroxylation sites is 1. The summed E-state index contributed by atoms with van der Waals surface area (Å²) in [7, 11) is -3.27. The molecule has 1 N–H and O–H groups in total. The lowest BCUT2D eigenvalue weighted by molar-refractivity contribution is -0.120. The van der Waals surface area contributed by atoms with E-state index in [1.54, 1.807) is 0 Å². The van der Waals surface area contributed by atoms with Crippen molar-refractivity contribution in [3.8, 4) is 0 Å². The van der Waals surface area contributed by atoms with Crippen molar-refractivity contribution in [2.75, 3.05) is 24.7 Å². The summed E-state index contributed by atoms with van der Waals surface area (Å²) in [6, 6.07) is 14.2. The van der Waals surface area contributed by atoms with Gasteiger partial charge >= 0.3 is 0 Å². The summed E-state index contributed by atoms with van der Waals surface area (Å²) in [5.74, 6) is -0.442. The van der Waals surface area contributed by atoms with Gasteiger partial charge in [0, 0.05) is 47.1 Å². The summed E-state index contributed by atoms with van der Waals surface area (Å²) in [5, 5.41) is 5.27. The summed E-state index contributed by atoms with van der Waals surface area (Å²) in [4.78, 5) is 12.8. The fraction of sp³-hybridized carbons (Fsp3) is 0.381. The minimum atomic E-state index is -3.27. The zero-order valence-corrected chi connectivity index (χ0v) is 17.0. The lowest BCUT2D eigenvalue weighted by Gasteiger charge is -2.30. The Hall–Kier alpha value is -2.38. The molecule has 0 aliphatic carbocycles. The Labute approximate surface area is 165 Å². The van der Waals surface area contributed by atoms with E-state index in [0.717, 1.165) is 28.5 Å². The summed E-state index contributed by atoms with van der Waals surface area (Å²) in [6.45, 7) is 3.74. The van der Waals surface area contributed by atoms with Crippen molar-refractivity contribution in [2.24, 2.45) is 5.92 Å². The zero-order valence-electron chi connectivity index (χ0n) is 16.2. The van der Waals surface area contributed by atoms with Crippen LogP contribution in [-0.4, -0.2) is 42.5 Å². The Morgan fingerprint density at radius 2 is 1.89 bits per heavy atom. The van der Waals surface area contributed by atoms with Gasteiger partial charge in [0.25, 0.3) is 0 Å². The van der Waals surface area contributed by atoms with Gasteiger partial charge in [-0.2, -0.15) is 0 Å². The quantitative estimate of drug-likeness (QED) is 0.731. The second-order valence-electron chi connectivity index (χ2n) is 7.44. The number of nitrogens with one attached hydrogen (secondary N) is 1. The van der Waals surface area contributed by atoms with Crippen molar-refractivity contribution < 1.29 is 13.2 Å². The first-order valence-electron chi connectivity index (χ1n) is 9.65. The van der Waals surface area contributed by atoms with Crippen molar-refractivity contribution in [3.63, 3.8) is 0 Å². The molecule has 148 valence electrons. The van der Waals surface area contributed by atoms with Gasteiger partial charge in [0.05, 0.1) is 12.2 Å². The van der Waals surface area contributed by atoms with E-state index >= 15 is 0 Å². The van der Waals surface area contributed by atoms with Gasteiger partial charge in [-0.25, -0.2) is 12.7 Å². The van der Waals surface area contributed by atoms with E-state index in [-0.39, 0.29) is 18.4 Å². The van der Waals surface area contributed by atoms with Crippen molar-refractivity contribution in [1.29, 1.82) is 0 Å². The maximum absolute atomic E-state index is 12.8. The van der Waals surface area contributed by atoms with E-state index in [1.165, 1.54) is 16.1 Å². The van der Waals surface area contributed by atoms with Crippen molar-refractivity contribution in [3.05, 3.63) is 42.5 Å². The first-order valence-corrected chi connectivity index (χ1v) is 11.5. The molecule has 1 amide bonds. The number of aryl methyl sites for hydroxylation is 1. The Morgan fingerprint density at radius 1 is 1.14 bits per heavy atom. The fourth-order valence-corrected chi connectivity index (χ4v) is 5.09. The number of hydrogen-bond acceptors (Lipinski definition) is 3. The number of carbonyl (C=O) groups excluding carboxylic acids is 1. The normalized spacial score (nSPS) is 18.6. The molecule has 1 atom stereocenters. The van der Waals surface area contributed by atoms with Crippen LogP contribution >= 0.6 is 0 Å². The Morgan fingerprint density at radius 3 is 2.64 bits per heavy atom. The van der Waals surface area contributed by atoms with E-state index < -0.39 is 10.0 Å². The Balaban J connectivity index is 1.61. The molecule has 4 rings (SSSR count). The van der Waals surface area contributed by atoms with Crippen LogP contribution in [0.25, 0.3) is 21.8 Å². The lowest BCUT2D eigenvalue weighted by Crippen LogP contribution is -2.43. The smallest absolute Gasteiger partial charge is 0.228 e. The van der Waals surface area contributed by atoms with Crippen LogP contribution in [0.1, 0.15) is 19.8 Å². The molecule has 7 heteroatoms. The van der Waals surface area contributed by atoms with Crippen LogP contribution in [0, 0.1) is 5.92 Å². The molecular weight excluding hydrogens is 374 g/mol. The summed E-state index contributed by atoms with van der Waals surface area (Å²) >= 11 is 0. The molecule has 0 saturated carbocycles. The molecule has 1 aliphatic rings. The van der Waals surface area contributed by atoms with E-state index in [0.29, 0.717) is 19.4 Å². The SMILES string of the molecule is CCn1c2ccccc2c2cc(NC(=O)[C@@H]3CCCN(S(C)(=O)=O)C3)ccc21. The summed E-state index contributed by atoms with van der Waals surface area (Å²) < 4.78 is 27.3. The topological polar surface area (TPSA) is 71.4 Å². The number of fused-ring (bicyclic) bond motifs is 3. The van der Waals surface area contributed by atoms with E-state index in [4.69, 9.17) is 0 Å². The number of hydrogen-bond donors (Lipinski definition) is 1. The molecule has 0 unspecified atom stereocenters. The van der Waals surface area contributed by atoms with Crippen LogP contribution in [0.5, 0.6) is 0 Å². The largest absolute Gasteiger partial charge is 0.341 e. The number of benzene rings is 2. The molecule has 1 saturated heterocycles. The number of amides is 1. The van der Waals surface area contributed by atoms with Gasteiger partial charge in [0.1, 0.15) is 0 Å². The third-order valence-electron chi connectivity index (χ3n) is 5.58. The highest BCUT2D eigenvalue weighted by Crippen LogP contribution is 2.31. The van der Waals surface area contributed by atoms with Crippen LogP contribution in [-0.2, 0) is 21.4 Å². The van der Waals surface area contributed by atoms with Gasteiger partial charge in [-0.3, -0.25) is 4.79 Å². The van der Waals surface area contributed by atoms with Crippen LogP contribution in [0.15, 0.2) is 42.5 Å². The van der Waals surface area contributed by atoms with Crippen LogP contribution in [0.4, 0.5) is 5.69 Å². The maximum Gasteiger partial charge on any atom is 0.228 e. The van der Waals surface area contributed by atoms with E-state index in [2.05, 4.69) is 28.9 Å². The molecule has 2 aromatic carbocycles. The Kier molecular flexibility index (Phi) is 4.89. The third kappa shape index (κ3) is 3.40. The molecule has 1 aromatic heterocycles. The average Bonchev–Trinajstić information content (AvgIpc) is 3.00. The third-order valence-corrected chi connectivity index (χ3v) is 6.85. The molecule has 1 fully saturated rings. The summed E-state index contributed by atoms with van der Waals surface area (Å²) in [5.41, 5.74) is 3.06. The number of nitrogens with zero attached hydrogens (tertiary/aromatic N) is 2. The maximum atomic E-state index is 12.8. The van der Waals surface area contributed by atoms with Crippen molar-refractivity contribution in [2.45, 2.75) is 26.3 Å². The molecule has 3 aromatic rings. The number of carbonyl (C=O) groups is 1. The molecular formula is C21H25N3O3S. The average molecular weight is 400 g/mol. The first kappa shape index (κ1) is 19.0. The molecule has 0 bridgehead atoms. The van der Waals surface area contributed by atoms with Crippen LogP contribution < -0.4 is 5.32 Å². The van der Waals surface area contributed by atoms with E-state index in [1.807, 2.05) is 30.3 Å². The van der Waals surface area contributed by atoms with Gasteiger partial charge in [-0.1, -0.05) is 18.2 Å². The van der Waals surface area contributed by atoms with E-state index in [9.17, 15) is 13.2 Å². The van der Waals surface area contributed by atoms with Gasteiger partial charge in [0.2, 0.25) is 15.9 Å². The minimum absolute atomic E-state index is 0.119. The molecule has 28 heavy (non-hydrogen) atoms. The Bertz CT molecular complexity index is 1150.